The van der Waals surface area contributed by atoms with Gasteiger partial charge in [-0.05, 0) is 53.6 Å². The predicted octanol–water partition coefficient (Wildman–Crippen LogP) is 5.71. The minimum absolute atomic E-state index is 0.00974. The monoisotopic (exact) mass is 439 g/mol. The second-order valence-corrected chi connectivity index (χ2v) is 7.42. The summed E-state index contributed by atoms with van der Waals surface area (Å²) < 4.78 is 5.80. The summed E-state index contributed by atoms with van der Waals surface area (Å²) in [5.74, 6) is -0.421. The van der Waals surface area contributed by atoms with Gasteiger partial charge >= 0.3 is 6.03 Å². The number of fused-ring (bicyclic) bond motifs is 1. The first-order chi connectivity index (χ1) is 14.3. The quantitative estimate of drug-likeness (QED) is 0.353. The third kappa shape index (κ3) is 3.70. The number of nitrogen functional groups attached to an aromatic ring is 1. The van der Waals surface area contributed by atoms with Gasteiger partial charge in [0.2, 0.25) is 5.78 Å². The number of furan rings is 1. The summed E-state index contributed by atoms with van der Waals surface area (Å²) in [6.07, 6.45) is 0. The van der Waals surface area contributed by atoms with Crippen LogP contribution in [0.25, 0.3) is 22.1 Å². The number of anilines is 2. The van der Waals surface area contributed by atoms with Crippen molar-refractivity contribution >= 4 is 57.4 Å². The number of urea groups is 1. The lowest BCUT2D eigenvalue weighted by atomic mass is 10.0. The molecule has 8 heteroatoms. The van der Waals surface area contributed by atoms with E-state index in [1.165, 1.54) is 12.1 Å². The van der Waals surface area contributed by atoms with Gasteiger partial charge in [0, 0.05) is 21.7 Å². The number of rotatable bonds is 4. The summed E-state index contributed by atoms with van der Waals surface area (Å²) in [7, 11) is 0. The Balaban J connectivity index is 1.75. The molecular weight excluding hydrogens is 425 g/mol. The molecule has 4 aromatic rings. The molecule has 150 valence electrons. The highest BCUT2D eigenvalue weighted by atomic mass is 35.5. The number of carbonyl (C=O) groups excluding carboxylic acids is 2. The van der Waals surface area contributed by atoms with E-state index in [1.54, 1.807) is 36.4 Å². The molecule has 2 amide bonds. The van der Waals surface area contributed by atoms with Crippen molar-refractivity contribution in [1.29, 1.82) is 0 Å². The smallest absolute Gasteiger partial charge is 0.316 e. The number of nitrogens with one attached hydrogen (secondary N) is 1. The Bertz CT molecular complexity index is 1310. The molecule has 0 fully saturated rings. The maximum Gasteiger partial charge on any atom is 0.316 e. The molecule has 0 aliphatic heterocycles. The van der Waals surface area contributed by atoms with E-state index in [1.807, 2.05) is 12.1 Å². The van der Waals surface area contributed by atoms with Crippen molar-refractivity contribution in [2.75, 3.05) is 11.1 Å². The van der Waals surface area contributed by atoms with Crippen molar-refractivity contribution in [2.24, 2.45) is 5.73 Å². The van der Waals surface area contributed by atoms with Gasteiger partial charge in [0.05, 0.1) is 10.7 Å². The predicted molar refractivity (Wildman–Crippen MR) is 119 cm³/mol. The molecule has 0 aliphatic rings. The van der Waals surface area contributed by atoms with Crippen LogP contribution in [0, 0.1) is 0 Å². The fourth-order valence-corrected chi connectivity index (χ4v) is 3.67. The Morgan fingerprint density at radius 2 is 1.70 bits per heavy atom. The maximum absolute atomic E-state index is 12.9. The summed E-state index contributed by atoms with van der Waals surface area (Å²) >= 11 is 12.1. The Hall–Kier alpha value is -3.48. The molecule has 0 bridgehead atoms. The van der Waals surface area contributed by atoms with Crippen LogP contribution in [0.4, 0.5) is 16.2 Å². The fourth-order valence-electron chi connectivity index (χ4n) is 3.18. The van der Waals surface area contributed by atoms with E-state index < -0.39 is 11.8 Å². The van der Waals surface area contributed by atoms with Crippen LogP contribution in [-0.4, -0.2) is 11.8 Å². The average molecular weight is 440 g/mol. The largest absolute Gasteiger partial charge is 0.450 e. The Kier molecular flexibility index (Phi) is 5.11. The van der Waals surface area contributed by atoms with Gasteiger partial charge in [0.25, 0.3) is 0 Å². The van der Waals surface area contributed by atoms with Crippen molar-refractivity contribution in [2.45, 2.75) is 0 Å². The van der Waals surface area contributed by atoms with Gasteiger partial charge in [-0.25, -0.2) is 4.79 Å². The molecular formula is C22H15Cl2N3O3. The highest BCUT2D eigenvalue weighted by molar-refractivity contribution is 6.37. The van der Waals surface area contributed by atoms with Crippen LogP contribution in [0.5, 0.6) is 0 Å². The van der Waals surface area contributed by atoms with E-state index in [9.17, 15) is 9.59 Å². The number of hydrogen-bond donors (Lipinski definition) is 3. The van der Waals surface area contributed by atoms with Crippen LogP contribution in [-0.2, 0) is 0 Å². The molecule has 0 unspecified atom stereocenters. The van der Waals surface area contributed by atoms with Crippen LogP contribution in [0.3, 0.4) is 0 Å². The number of amides is 2. The molecule has 0 spiro atoms. The number of halogens is 2. The zero-order chi connectivity index (χ0) is 21.4. The first-order valence-electron chi connectivity index (χ1n) is 8.82. The molecule has 1 aromatic heterocycles. The van der Waals surface area contributed by atoms with Gasteiger partial charge in [-0.1, -0.05) is 41.4 Å². The van der Waals surface area contributed by atoms with Crippen LogP contribution >= 0.6 is 23.2 Å². The summed E-state index contributed by atoms with van der Waals surface area (Å²) in [6.45, 7) is 0. The minimum atomic E-state index is -0.648. The number of ketones is 1. The van der Waals surface area contributed by atoms with Crippen LogP contribution in [0.1, 0.15) is 16.1 Å². The van der Waals surface area contributed by atoms with Crippen LogP contribution in [0.2, 0.25) is 10.0 Å². The zero-order valence-electron chi connectivity index (χ0n) is 15.4. The summed E-state index contributed by atoms with van der Waals surface area (Å²) in [4.78, 5) is 24.0. The summed E-state index contributed by atoms with van der Waals surface area (Å²) in [5, 5.41) is 3.78. The number of primary amides is 1. The molecule has 30 heavy (non-hydrogen) atoms. The Morgan fingerprint density at radius 3 is 2.43 bits per heavy atom. The number of hydrogen-bond acceptors (Lipinski definition) is 4. The van der Waals surface area contributed by atoms with E-state index in [4.69, 9.17) is 39.1 Å². The fraction of sp³-hybridized carbons (Fsp3) is 0. The average Bonchev–Trinajstić information content (AvgIpc) is 3.03. The summed E-state index contributed by atoms with van der Waals surface area (Å²) in [5.41, 5.74) is 14.5. The van der Waals surface area contributed by atoms with Crippen LogP contribution in [0.15, 0.2) is 65.1 Å². The molecule has 0 atom stereocenters. The van der Waals surface area contributed by atoms with Crippen molar-refractivity contribution < 1.29 is 14.0 Å². The Labute approximate surface area is 181 Å². The van der Waals surface area contributed by atoms with Gasteiger partial charge in [-0.2, -0.15) is 0 Å². The highest BCUT2D eigenvalue weighted by Crippen LogP contribution is 2.35. The van der Waals surface area contributed by atoms with Crippen molar-refractivity contribution in [1.82, 2.24) is 0 Å². The molecule has 5 N–H and O–H groups in total. The lowest BCUT2D eigenvalue weighted by Crippen LogP contribution is -2.19. The lowest BCUT2D eigenvalue weighted by Gasteiger charge is -2.06. The first kappa shape index (κ1) is 19.8. The molecule has 6 nitrogen and oxygen atoms in total. The van der Waals surface area contributed by atoms with E-state index in [-0.39, 0.29) is 22.0 Å². The minimum Gasteiger partial charge on any atom is -0.450 e. The maximum atomic E-state index is 12.9. The normalized spacial score (nSPS) is 10.9. The highest BCUT2D eigenvalue weighted by Gasteiger charge is 2.22. The second-order valence-electron chi connectivity index (χ2n) is 6.58. The molecule has 4 rings (SSSR count). The van der Waals surface area contributed by atoms with E-state index in [0.29, 0.717) is 21.7 Å². The zero-order valence-corrected chi connectivity index (χ0v) is 16.9. The van der Waals surface area contributed by atoms with Crippen molar-refractivity contribution in [3.63, 3.8) is 0 Å². The topological polar surface area (TPSA) is 111 Å². The third-order valence-electron chi connectivity index (χ3n) is 4.57. The molecule has 0 saturated carbocycles. The van der Waals surface area contributed by atoms with Gasteiger partial charge in [-0.3, -0.25) is 4.79 Å². The molecule has 1 heterocycles. The summed E-state index contributed by atoms with van der Waals surface area (Å²) in [6, 6.07) is 16.5. The van der Waals surface area contributed by atoms with E-state index in [0.717, 1.165) is 11.1 Å². The van der Waals surface area contributed by atoms with Crippen molar-refractivity contribution in [3.8, 4) is 11.1 Å². The number of carbonyl (C=O) groups is 2. The third-order valence-corrected chi connectivity index (χ3v) is 5.12. The Morgan fingerprint density at radius 1 is 0.933 bits per heavy atom. The van der Waals surface area contributed by atoms with Gasteiger partial charge in [0.15, 0.2) is 5.76 Å². The lowest BCUT2D eigenvalue weighted by molar-refractivity contribution is 0.101. The standard InChI is InChI=1S/C22H15Cl2N3O3/c23-13-5-7-15(17(24)10-13)20(28)21-19(25)16-6-4-12(9-18(16)30-21)11-2-1-3-14(8-11)27-22(26)29/h1-10H,25H2,(H3,26,27,29). The van der Waals surface area contributed by atoms with Gasteiger partial charge < -0.3 is 21.2 Å². The molecule has 0 radical (unpaired) electrons. The number of benzene rings is 3. The van der Waals surface area contributed by atoms with E-state index >= 15 is 0 Å². The molecule has 0 saturated heterocycles. The van der Waals surface area contributed by atoms with E-state index in [2.05, 4.69) is 5.32 Å². The van der Waals surface area contributed by atoms with Gasteiger partial charge in [-0.15, -0.1) is 0 Å². The SMILES string of the molecule is NC(=O)Nc1cccc(-c2ccc3c(N)c(C(=O)c4ccc(Cl)cc4Cl)oc3c2)c1. The van der Waals surface area contributed by atoms with Crippen molar-refractivity contribution in [3.05, 3.63) is 82.0 Å². The molecule has 0 aliphatic carbocycles. The first-order valence-corrected chi connectivity index (χ1v) is 9.58. The van der Waals surface area contributed by atoms with Gasteiger partial charge in [0.1, 0.15) is 5.58 Å². The molecule has 3 aromatic carbocycles. The van der Waals surface area contributed by atoms with Crippen LogP contribution < -0.4 is 16.8 Å². The number of nitrogens with two attached hydrogens (primary N) is 2. The second kappa shape index (κ2) is 7.74.